The molecule has 0 nitrogen and oxygen atoms in total. The van der Waals surface area contributed by atoms with E-state index in [2.05, 4.69) is 26.0 Å². The average molecular weight is 166 g/mol. The zero-order chi connectivity index (χ0) is 8.81. The van der Waals surface area contributed by atoms with E-state index in [0.717, 1.165) is 11.8 Å². The molecule has 0 unspecified atom stereocenters. The van der Waals surface area contributed by atoms with Crippen LogP contribution in [0.15, 0.2) is 12.2 Å². The molecule has 1 saturated carbocycles. The molecule has 0 saturated heterocycles. The number of hydrogen-bond acceptors (Lipinski definition) is 0. The van der Waals surface area contributed by atoms with Gasteiger partial charge in [-0.3, -0.25) is 0 Å². The zero-order valence-electron chi connectivity index (χ0n) is 8.55. The van der Waals surface area contributed by atoms with Crippen molar-refractivity contribution in [3.8, 4) is 0 Å². The normalized spacial score (nSPS) is 30.2. The van der Waals surface area contributed by atoms with E-state index in [-0.39, 0.29) is 0 Å². The van der Waals surface area contributed by atoms with E-state index < -0.39 is 0 Å². The lowest BCUT2D eigenvalue weighted by molar-refractivity contribution is 0.585. The van der Waals surface area contributed by atoms with Crippen LogP contribution >= 0.6 is 0 Å². The summed E-state index contributed by atoms with van der Waals surface area (Å²) in [6, 6.07) is 0. The van der Waals surface area contributed by atoms with Crippen LogP contribution in [0.4, 0.5) is 0 Å². The zero-order valence-corrected chi connectivity index (χ0v) is 8.55. The molecular weight excluding hydrogens is 144 g/mol. The van der Waals surface area contributed by atoms with Gasteiger partial charge < -0.3 is 0 Å². The highest BCUT2D eigenvalue weighted by molar-refractivity contribution is 4.92. The molecular formula is C12H22. The SMILES string of the molecule is CCCCC=C[C@@H]1CC[C@@H](C)C1. The van der Waals surface area contributed by atoms with Gasteiger partial charge in [0.15, 0.2) is 0 Å². The fourth-order valence-electron chi connectivity index (χ4n) is 2.04. The van der Waals surface area contributed by atoms with Gasteiger partial charge in [-0.25, -0.2) is 0 Å². The van der Waals surface area contributed by atoms with Crippen molar-refractivity contribution in [3.63, 3.8) is 0 Å². The van der Waals surface area contributed by atoms with Gasteiger partial charge in [0.25, 0.3) is 0 Å². The minimum atomic E-state index is 0.914. The molecule has 2 atom stereocenters. The van der Waals surface area contributed by atoms with Gasteiger partial charge in [-0.1, -0.05) is 45.3 Å². The first-order valence-corrected chi connectivity index (χ1v) is 5.49. The van der Waals surface area contributed by atoms with Crippen molar-refractivity contribution in [1.82, 2.24) is 0 Å². The molecule has 0 aromatic carbocycles. The van der Waals surface area contributed by atoms with Crippen molar-refractivity contribution in [2.75, 3.05) is 0 Å². The lowest BCUT2D eigenvalue weighted by Crippen LogP contribution is -1.88. The van der Waals surface area contributed by atoms with Crippen LogP contribution in [0.2, 0.25) is 0 Å². The minimum Gasteiger partial charge on any atom is -0.0883 e. The van der Waals surface area contributed by atoms with E-state index in [1.165, 1.54) is 38.5 Å². The molecule has 0 spiro atoms. The van der Waals surface area contributed by atoms with Crippen molar-refractivity contribution in [1.29, 1.82) is 0 Å². The largest absolute Gasteiger partial charge is 0.0883 e. The van der Waals surface area contributed by atoms with Crippen LogP contribution < -0.4 is 0 Å². The predicted octanol–water partition coefficient (Wildman–Crippen LogP) is 4.17. The molecule has 1 fully saturated rings. The molecule has 0 N–H and O–H groups in total. The maximum Gasteiger partial charge on any atom is -0.0231 e. The van der Waals surface area contributed by atoms with Crippen LogP contribution in [0, 0.1) is 11.8 Å². The van der Waals surface area contributed by atoms with Crippen LogP contribution in [-0.2, 0) is 0 Å². The second kappa shape index (κ2) is 5.40. The molecule has 0 aromatic rings. The minimum absolute atomic E-state index is 0.914. The van der Waals surface area contributed by atoms with E-state index in [1.54, 1.807) is 0 Å². The van der Waals surface area contributed by atoms with Gasteiger partial charge in [-0.2, -0.15) is 0 Å². The summed E-state index contributed by atoms with van der Waals surface area (Å²) >= 11 is 0. The topological polar surface area (TPSA) is 0 Å². The summed E-state index contributed by atoms with van der Waals surface area (Å²) in [7, 11) is 0. The monoisotopic (exact) mass is 166 g/mol. The molecule has 0 bridgehead atoms. The van der Waals surface area contributed by atoms with E-state index >= 15 is 0 Å². The summed E-state index contributed by atoms with van der Waals surface area (Å²) in [4.78, 5) is 0. The Bertz CT molecular complexity index is 135. The molecule has 0 amide bonds. The molecule has 0 heteroatoms. The molecule has 1 aliphatic carbocycles. The van der Waals surface area contributed by atoms with Crippen LogP contribution in [0.25, 0.3) is 0 Å². The maximum atomic E-state index is 2.46. The van der Waals surface area contributed by atoms with Crippen molar-refractivity contribution < 1.29 is 0 Å². The number of hydrogen-bond donors (Lipinski definition) is 0. The Kier molecular flexibility index (Phi) is 4.42. The highest BCUT2D eigenvalue weighted by Gasteiger charge is 2.18. The molecule has 1 aliphatic rings. The highest BCUT2D eigenvalue weighted by Crippen LogP contribution is 2.31. The van der Waals surface area contributed by atoms with E-state index in [1.807, 2.05) is 0 Å². The second-order valence-electron chi connectivity index (χ2n) is 4.25. The van der Waals surface area contributed by atoms with Gasteiger partial charge in [-0.05, 0) is 31.1 Å². The third-order valence-corrected chi connectivity index (χ3v) is 2.87. The summed E-state index contributed by atoms with van der Waals surface area (Å²) in [5.41, 5.74) is 0. The Balaban J connectivity index is 2.10. The van der Waals surface area contributed by atoms with Gasteiger partial charge in [0, 0.05) is 0 Å². The maximum absolute atomic E-state index is 2.46. The van der Waals surface area contributed by atoms with E-state index in [4.69, 9.17) is 0 Å². The van der Waals surface area contributed by atoms with Gasteiger partial charge >= 0.3 is 0 Å². The Morgan fingerprint density at radius 1 is 1.33 bits per heavy atom. The molecule has 70 valence electrons. The van der Waals surface area contributed by atoms with E-state index in [9.17, 15) is 0 Å². The first-order valence-electron chi connectivity index (χ1n) is 5.49. The Hall–Kier alpha value is -0.260. The fraction of sp³-hybridized carbons (Fsp3) is 0.833. The molecule has 0 heterocycles. The van der Waals surface area contributed by atoms with E-state index in [0.29, 0.717) is 0 Å². The third kappa shape index (κ3) is 3.42. The van der Waals surface area contributed by atoms with Gasteiger partial charge in [0.1, 0.15) is 0 Å². The Morgan fingerprint density at radius 3 is 2.75 bits per heavy atom. The van der Waals surface area contributed by atoms with Crippen LogP contribution in [-0.4, -0.2) is 0 Å². The lowest BCUT2D eigenvalue weighted by atomic mass is 10.1. The number of rotatable bonds is 4. The third-order valence-electron chi connectivity index (χ3n) is 2.87. The molecule has 1 rings (SSSR count). The number of allylic oxidation sites excluding steroid dienone is 2. The molecule has 12 heavy (non-hydrogen) atoms. The average Bonchev–Trinajstić information content (AvgIpc) is 2.45. The van der Waals surface area contributed by atoms with Crippen LogP contribution in [0.3, 0.4) is 0 Å². The standard InChI is InChI=1S/C12H22/c1-3-4-5-6-7-12-9-8-11(2)10-12/h6-7,11-12H,3-5,8-10H2,1-2H3/t11-,12-/m1/s1. The van der Waals surface area contributed by atoms with Crippen molar-refractivity contribution in [2.45, 2.75) is 52.4 Å². The summed E-state index contributed by atoms with van der Waals surface area (Å²) in [5.74, 6) is 1.89. The van der Waals surface area contributed by atoms with Gasteiger partial charge in [-0.15, -0.1) is 0 Å². The van der Waals surface area contributed by atoms with Crippen molar-refractivity contribution in [2.24, 2.45) is 11.8 Å². The predicted molar refractivity (Wildman–Crippen MR) is 55.2 cm³/mol. The smallest absolute Gasteiger partial charge is 0.0231 e. The number of unbranched alkanes of at least 4 members (excludes halogenated alkanes) is 2. The highest BCUT2D eigenvalue weighted by atomic mass is 14.2. The first kappa shape index (κ1) is 9.83. The van der Waals surface area contributed by atoms with Gasteiger partial charge in [0.2, 0.25) is 0 Å². The quantitative estimate of drug-likeness (QED) is 0.434. The van der Waals surface area contributed by atoms with Crippen LogP contribution in [0.1, 0.15) is 52.4 Å². The summed E-state index contributed by atoms with van der Waals surface area (Å²) in [5, 5.41) is 0. The Morgan fingerprint density at radius 2 is 2.17 bits per heavy atom. The van der Waals surface area contributed by atoms with Gasteiger partial charge in [0.05, 0.1) is 0 Å². The molecule has 0 radical (unpaired) electrons. The Labute approximate surface area is 77.1 Å². The van der Waals surface area contributed by atoms with Crippen molar-refractivity contribution >= 4 is 0 Å². The second-order valence-corrected chi connectivity index (χ2v) is 4.25. The lowest BCUT2D eigenvalue weighted by Gasteiger charge is -2.01. The summed E-state index contributed by atoms with van der Waals surface area (Å²) < 4.78 is 0. The fourth-order valence-corrected chi connectivity index (χ4v) is 2.04. The summed E-state index contributed by atoms with van der Waals surface area (Å²) in [6.07, 6.45) is 13.1. The van der Waals surface area contributed by atoms with Crippen LogP contribution in [0.5, 0.6) is 0 Å². The summed E-state index contributed by atoms with van der Waals surface area (Å²) in [6.45, 7) is 4.63. The molecule has 0 aliphatic heterocycles. The first-order chi connectivity index (χ1) is 5.83. The van der Waals surface area contributed by atoms with Crippen molar-refractivity contribution in [3.05, 3.63) is 12.2 Å². The molecule has 0 aromatic heterocycles.